The van der Waals surface area contributed by atoms with E-state index >= 15 is 0 Å². The van der Waals surface area contributed by atoms with Gasteiger partial charge in [-0.1, -0.05) is 12.1 Å². The summed E-state index contributed by atoms with van der Waals surface area (Å²) >= 11 is 2.30. The van der Waals surface area contributed by atoms with Gasteiger partial charge >= 0.3 is 0 Å². The molecule has 3 heterocycles. The third-order valence-electron chi connectivity index (χ3n) is 5.54. The molecule has 1 aliphatic heterocycles. The van der Waals surface area contributed by atoms with Gasteiger partial charge in [-0.2, -0.15) is 10.2 Å². The van der Waals surface area contributed by atoms with E-state index in [1.807, 2.05) is 6.92 Å². The van der Waals surface area contributed by atoms with Gasteiger partial charge < -0.3 is 15.2 Å². The number of fused-ring (bicyclic) bond motifs is 1. The molecule has 4 rings (SSSR count). The molecule has 8 heteroatoms. The van der Waals surface area contributed by atoms with Crippen molar-refractivity contribution in [3.63, 3.8) is 0 Å². The summed E-state index contributed by atoms with van der Waals surface area (Å²) in [4.78, 5) is 0. The highest BCUT2D eigenvalue weighted by atomic mass is 127. The van der Waals surface area contributed by atoms with Crippen LogP contribution in [0.15, 0.2) is 24.3 Å². The summed E-state index contributed by atoms with van der Waals surface area (Å²) < 4.78 is 8.26. The Bertz CT molecular complexity index is 976. The van der Waals surface area contributed by atoms with Crippen LogP contribution in [0.25, 0.3) is 11.1 Å². The van der Waals surface area contributed by atoms with Gasteiger partial charge in [0.15, 0.2) is 6.23 Å². The Hall–Kier alpha value is -1.91. The average molecular weight is 507 g/mol. The van der Waals surface area contributed by atoms with E-state index in [1.54, 1.807) is 11.8 Å². The quantitative estimate of drug-likeness (QED) is 0.440. The maximum absolute atomic E-state index is 10.8. The van der Waals surface area contributed by atoms with Gasteiger partial charge in [0.1, 0.15) is 5.82 Å². The van der Waals surface area contributed by atoms with Crippen LogP contribution in [0.5, 0.6) is 0 Å². The molecule has 0 saturated carbocycles. The van der Waals surface area contributed by atoms with Crippen LogP contribution in [0.4, 0.5) is 5.82 Å². The molecular formula is C21H26IN5O2. The SMILES string of the molecule is COCc1nn2c(c1-c1ccc(I)cc1)NC(CCc1c(C)n[nH]c1C)CC2O. The summed E-state index contributed by atoms with van der Waals surface area (Å²) in [6.45, 7) is 4.48. The molecule has 1 aromatic carbocycles. The van der Waals surface area contributed by atoms with Crippen molar-refractivity contribution in [3.05, 3.63) is 50.5 Å². The minimum atomic E-state index is -0.656. The molecule has 3 aromatic rings. The number of methoxy groups -OCH3 is 1. The third-order valence-corrected chi connectivity index (χ3v) is 6.26. The monoisotopic (exact) mass is 507 g/mol. The van der Waals surface area contributed by atoms with E-state index in [9.17, 15) is 5.11 Å². The fourth-order valence-corrected chi connectivity index (χ4v) is 4.41. The Morgan fingerprint density at radius 3 is 2.69 bits per heavy atom. The van der Waals surface area contributed by atoms with E-state index < -0.39 is 6.23 Å². The van der Waals surface area contributed by atoms with Crippen molar-refractivity contribution < 1.29 is 9.84 Å². The molecule has 0 spiro atoms. The van der Waals surface area contributed by atoms with Crippen LogP contribution in [-0.4, -0.2) is 38.2 Å². The van der Waals surface area contributed by atoms with Crippen molar-refractivity contribution >= 4 is 28.4 Å². The molecule has 0 fully saturated rings. The van der Waals surface area contributed by atoms with Crippen molar-refractivity contribution in [2.24, 2.45) is 0 Å². The summed E-state index contributed by atoms with van der Waals surface area (Å²) in [5, 5.41) is 26.4. The van der Waals surface area contributed by atoms with E-state index in [2.05, 4.69) is 74.4 Å². The zero-order chi connectivity index (χ0) is 20.5. The number of aromatic amines is 1. The number of benzene rings is 1. The molecule has 154 valence electrons. The fraction of sp³-hybridized carbons (Fsp3) is 0.429. The number of aliphatic hydroxyl groups excluding tert-OH is 1. The topological polar surface area (TPSA) is 88.0 Å². The minimum absolute atomic E-state index is 0.154. The van der Waals surface area contributed by atoms with Gasteiger partial charge in [-0.25, -0.2) is 4.68 Å². The molecule has 3 N–H and O–H groups in total. The molecule has 29 heavy (non-hydrogen) atoms. The summed E-state index contributed by atoms with van der Waals surface area (Å²) in [5.41, 5.74) is 6.33. The predicted octanol–water partition coefficient (Wildman–Crippen LogP) is 3.95. The number of aliphatic hydroxyl groups is 1. The van der Waals surface area contributed by atoms with Crippen LogP contribution < -0.4 is 5.32 Å². The summed E-state index contributed by atoms with van der Waals surface area (Å²) in [6, 6.07) is 8.50. The Morgan fingerprint density at radius 2 is 2.03 bits per heavy atom. The van der Waals surface area contributed by atoms with Crippen LogP contribution >= 0.6 is 22.6 Å². The standard InChI is InChI=1S/C21H26IN5O2/c1-12-17(13(2)25-24-12)9-8-16-10-19(28)27-21(23-16)20(18(26-27)11-29-3)14-4-6-15(22)7-5-14/h4-7,16,19,23,28H,8-11H2,1-3H3,(H,24,25). The Labute approximate surface area is 184 Å². The summed E-state index contributed by atoms with van der Waals surface area (Å²) in [5.74, 6) is 0.864. The zero-order valence-electron chi connectivity index (χ0n) is 16.9. The van der Waals surface area contributed by atoms with Crippen molar-refractivity contribution in [1.82, 2.24) is 20.0 Å². The molecule has 0 amide bonds. The summed E-state index contributed by atoms with van der Waals surface area (Å²) in [7, 11) is 1.66. The van der Waals surface area contributed by atoms with E-state index in [-0.39, 0.29) is 6.04 Å². The number of anilines is 1. The maximum Gasteiger partial charge on any atom is 0.151 e. The average Bonchev–Trinajstić information content (AvgIpc) is 3.21. The number of H-pyrrole nitrogens is 1. The highest BCUT2D eigenvalue weighted by Gasteiger charge is 2.31. The number of rotatable bonds is 6. The van der Waals surface area contributed by atoms with Crippen LogP contribution in [0.2, 0.25) is 0 Å². The number of hydrogen-bond donors (Lipinski definition) is 3. The molecule has 1 aliphatic rings. The first-order chi connectivity index (χ1) is 14.0. The Kier molecular flexibility index (Phi) is 5.93. The zero-order valence-corrected chi connectivity index (χ0v) is 19.0. The lowest BCUT2D eigenvalue weighted by molar-refractivity contribution is 0.0680. The van der Waals surface area contributed by atoms with E-state index in [0.717, 1.165) is 46.9 Å². The van der Waals surface area contributed by atoms with Crippen LogP contribution in [0, 0.1) is 17.4 Å². The highest BCUT2D eigenvalue weighted by Crippen LogP contribution is 2.38. The van der Waals surface area contributed by atoms with E-state index in [4.69, 9.17) is 4.74 Å². The molecule has 0 saturated heterocycles. The second kappa shape index (κ2) is 8.45. The first-order valence-corrected chi connectivity index (χ1v) is 10.9. The lowest BCUT2D eigenvalue weighted by Crippen LogP contribution is -2.33. The Morgan fingerprint density at radius 1 is 1.28 bits per heavy atom. The number of nitrogens with one attached hydrogen (secondary N) is 2. The molecule has 2 atom stereocenters. The Balaban J connectivity index is 1.64. The lowest BCUT2D eigenvalue weighted by Gasteiger charge is -2.30. The summed E-state index contributed by atoms with van der Waals surface area (Å²) in [6.07, 6.45) is 1.78. The van der Waals surface area contributed by atoms with Gasteiger partial charge in [-0.3, -0.25) is 5.10 Å². The number of nitrogens with zero attached hydrogens (tertiary/aromatic N) is 3. The van der Waals surface area contributed by atoms with Crippen LogP contribution in [0.1, 0.15) is 41.7 Å². The molecule has 2 unspecified atom stereocenters. The fourth-order valence-electron chi connectivity index (χ4n) is 4.05. The second-order valence-corrected chi connectivity index (χ2v) is 8.81. The van der Waals surface area contributed by atoms with Gasteiger partial charge in [-0.15, -0.1) is 0 Å². The van der Waals surface area contributed by atoms with Crippen molar-refractivity contribution in [2.75, 3.05) is 12.4 Å². The second-order valence-electron chi connectivity index (χ2n) is 7.56. The first kappa shape index (κ1) is 20.4. The smallest absolute Gasteiger partial charge is 0.151 e. The number of aryl methyl sites for hydroxylation is 2. The van der Waals surface area contributed by atoms with Crippen LogP contribution in [0.3, 0.4) is 0 Å². The number of hydrogen-bond acceptors (Lipinski definition) is 5. The van der Waals surface area contributed by atoms with Crippen LogP contribution in [-0.2, 0) is 17.8 Å². The predicted molar refractivity (Wildman–Crippen MR) is 121 cm³/mol. The van der Waals surface area contributed by atoms with Crippen molar-refractivity contribution in [1.29, 1.82) is 0 Å². The molecule has 0 bridgehead atoms. The maximum atomic E-state index is 10.8. The van der Waals surface area contributed by atoms with Crippen molar-refractivity contribution in [3.8, 4) is 11.1 Å². The number of halogens is 1. The van der Waals surface area contributed by atoms with E-state index in [0.29, 0.717) is 13.0 Å². The third kappa shape index (κ3) is 4.06. The minimum Gasteiger partial charge on any atom is -0.378 e. The molecule has 0 radical (unpaired) electrons. The number of aromatic nitrogens is 4. The normalized spacial score (nSPS) is 18.5. The van der Waals surface area contributed by atoms with Gasteiger partial charge in [-0.05, 0) is 72.5 Å². The largest absolute Gasteiger partial charge is 0.378 e. The van der Waals surface area contributed by atoms with Gasteiger partial charge in [0.2, 0.25) is 0 Å². The van der Waals surface area contributed by atoms with Crippen molar-refractivity contribution in [2.45, 2.75) is 52.0 Å². The van der Waals surface area contributed by atoms with Gasteiger partial charge in [0, 0.05) is 34.4 Å². The molecular weight excluding hydrogens is 481 g/mol. The first-order valence-electron chi connectivity index (χ1n) is 9.79. The molecule has 0 aliphatic carbocycles. The van der Waals surface area contributed by atoms with Gasteiger partial charge in [0.25, 0.3) is 0 Å². The molecule has 2 aromatic heterocycles. The lowest BCUT2D eigenvalue weighted by atomic mass is 9.98. The molecule has 7 nitrogen and oxygen atoms in total. The van der Waals surface area contributed by atoms with Gasteiger partial charge in [0.05, 0.1) is 18.0 Å². The van der Waals surface area contributed by atoms with E-state index in [1.165, 1.54) is 9.13 Å². The highest BCUT2D eigenvalue weighted by molar-refractivity contribution is 14.1. The number of ether oxygens (including phenoxy) is 1.